The number of fused-ring (bicyclic) bond motifs is 1. The highest BCUT2D eigenvalue weighted by molar-refractivity contribution is 5.42. The molecule has 2 aliphatic heterocycles. The van der Waals surface area contributed by atoms with E-state index in [-0.39, 0.29) is 0 Å². The Balaban J connectivity index is 0.000000158. The topological polar surface area (TPSA) is 62.2 Å². The summed E-state index contributed by atoms with van der Waals surface area (Å²) in [6, 6.07) is 24.6. The van der Waals surface area contributed by atoms with E-state index in [4.69, 9.17) is 14.6 Å². The lowest BCUT2D eigenvalue weighted by Gasteiger charge is -2.24. The molecule has 3 aromatic rings. The van der Waals surface area contributed by atoms with Gasteiger partial charge < -0.3 is 19.7 Å². The molecule has 0 radical (unpaired) electrons. The number of aromatic hydroxyl groups is 2. The summed E-state index contributed by atoms with van der Waals surface area (Å²) in [5.41, 5.74) is 1.13. The van der Waals surface area contributed by atoms with Crippen LogP contribution < -0.4 is 9.47 Å². The molecular weight excluding hydrogens is 438 g/mol. The van der Waals surface area contributed by atoms with Gasteiger partial charge in [-0.25, -0.2) is 0 Å². The van der Waals surface area contributed by atoms with Crippen molar-refractivity contribution in [3.05, 3.63) is 84.4 Å². The van der Waals surface area contributed by atoms with Gasteiger partial charge in [0.1, 0.15) is 29.6 Å². The number of hydrogen-bond acceptors (Lipinski definition) is 5. The van der Waals surface area contributed by atoms with Crippen molar-refractivity contribution in [1.29, 1.82) is 0 Å². The maximum Gasteiger partial charge on any atom is 0.123 e. The fourth-order valence-corrected chi connectivity index (χ4v) is 4.19. The molecule has 2 N–H and O–H groups in total. The van der Waals surface area contributed by atoms with Crippen molar-refractivity contribution in [3.63, 3.8) is 0 Å². The number of nitrogens with zero attached hydrogens (tertiary/aromatic N) is 1. The number of phenolic OH excluding ortho intramolecular Hbond substituents is 2. The van der Waals surface area contributed by atoms with Crippen molar-refractivity contribution in [2.24, 2.45) is 5.92 Å². The van der Waals surface area contributed by atoms with E-state index in [1.165, 1.54) is 19.5 Å². The van der Waals surface area contributed by atoms with Crippen LogP contribution in [-0.2, 0) is 0 Å². The summed E-state index contributed by atoms with van der Waals surface area (Å²) in [6.45, 7) is 10.8. The third-order valence-electron chi connectivity index (χ3n) is 6.40. The van der Waals surface area contributed by atoms with E-state index < -0.39 is 0 Å². The zero-order chi connectivity index (χ0) is 25.0. The smallest absolute Gasteiger partial charge is 0.123 e. The van der Waals surface area contributed by atoms with Crippen molar-refractivity contribution < 1.29 is 19.7 Å². The van der Waals surface area contributed by atoms with Gasteiger partial charge in [0.25, 0.3) is 0 Å². The van der Waals surface area contributed by atoms with E-state index in [1.807, 2.05) is 42.5 Å². The fourth-order valence-electron chi connectivity index (χ4n) is 4.19. The third-order valence-corrected chi connectivity index (χ3v) is 6.40. The van der Waals surface area contributed by atoms with Crippen LogP contribution in [0.1, 0.15) is 45.1 Å². The molecule has 3 aromatic carbocycles. The largest absolute Gasteiger partial charge is 0.508 e. The molecule has 35 heavy (non-hydrogen) atoms. The van der Waals surface area contributed by atoms with Crippen LogP contribution in [0, 0.1) is 5.92 Å². The van der Waals surface area contributed by atoms with Crippen LogP contribution in [0.2, 0.25) is 0 Å². The first-order chi connectivity index (χ1) is 16.9. The van der Waals surface area contributed by atoms with Gasteiger partial charge in [-0.3, -0.25) is 4.90 Å². The number of phenols is 2. The third kappa shape index (κ3) is 8.84. The number of hydrogen-bond donors (Lipinski definition) is 2. The van der Waals surface area contributed by atoms with Crippen molar-refractivity contribution in [3.8, 4) is 23.0 Å². The number of benzene rings is 3. The zero-order valence-electron chi connectivity index (χ0n) is 21.1. The van der Waals surface area contributed by atoms with Crippen molar-refractivity contribution in [2.45, 2.75) is 45.6 Å². The SMILES string of the molecule is C[C@@H]1CCN([C@@H](C)COc2ccccc2)C1.C[C@H]1CCOc2ccc(O)cc21.Oc1ccccc1. The quantitative estimate of drug-likeness (QED) is 0.451. The molecule has 5 nitrogen and oxygen atoms in total. The van der Waals surface area contributed by atoms with Crippen LogP contribution in [0.25, 0.3) is 0 Å². The molecule has 2 heterocycles. The summed E-state index contributed by atoms with van der Waals surface area (Å²) < 4.78 is 11.2. The zero-order valence-corrected chi connectivity index (χ0v) is 21.1. The Morgan fingerprint density at radius 2 is 1.60 bits per heavy atom. The van der Waals surface area contributed by atoms with Crippen LogP contribution >= 0.6 is 0 Å². The van der Waals surface area contributed by atoms with Gasteiger partial charge in [0.05, 0.1) is 6.61 Å². The second-order valence-electron chi connectivity index (χ2n) is 9.46. The van der Waals surface area contributed by atoms with Crippen molar-refractivity contribution >= 4 is 0 Å². The van der Waals surface area contributed by atoms with E-state index in [0.29, 0.717) is 23.5 Å². The molecule has 0 bridgehead atoms. The lowest BCUT2D eigenvalue weighted by atomic mass is 9.95. The standard InChI is InChI=1S/C14H21NO.C10H12O2.C6H6O/c1-12-8-9-15(10-12)13(2)11-16-14-6-4-3-5-7-14;1-7-4-5-12-10-3-2-8(11)6-9(7)10;7-6-4-2-1-3-5-6/h3-7,12-13H,8-11H2,1-2H3;2-3,6-7,11H,4-5H2,1H3;1-5,7H/t12-,13+;7-;/m10./s1. The first kappa shape index (κ1) is 26.4. The number of likely N-dealkylation sites (tertiary alicyclic amines) is 1. The molecule has 188 valence electrons. The van der Waals surface area contributed by atoms with E-state index in [2.05, 4.69) is 25.7 Å². The molecule has 0 unspecified atom stereocenters. The number of para-hydroxylation sites is 2. The highest BCUT2D eigenvalue weighted by atomic mass is 16.5. The molecule has 0 spiro atoms. The first-order valence-corrected chi connectivity index (χ1v) is 12.5. The van der Waals surface area contributed by atoms with Gasteiger partial charge in [0, 0.05) is 18.2 Å². The Morgan fingerprint density at radius 3 is 2.20 bits per heavy atom. The van der Waals surface area contributed by atoms with E-state index in [0.717, 1.165) is 42.6 Å². The average Bonchev–Trinajstić information content (AvgIpc) is 3.31. The lowest BCUT2D eigenvalue weighted by molar-refractivity contribution is 0.169. The molecule has 5 rings (SSSR count). The van der Waals surface area contributed by atoms with E-state index in [1.54, 1.807) is 36.4 Å². The molecule has 1 saturated heterocycles. The first-order valence-electron chi connectivity index (χ1n) is 12.5. The van der Waals surface area contributed by atoms with Gasteiger partial charge in [-0.2, -0.15) is 0 Å². The fraction of sp³-hybridized carbons (Fsp3) is 0.400. The van der Waals surface area contributed by atoms with Crippen molar-refractivity contribution in [2.75, 3.05) is 26.3 Å². The van der Waals surface area contributed by atoms with Gasteiger partial charge >= 0.3 is 0 Å². The van der Waals surface area contributed by atoms with Crippen LogP contribution in [0.15, 0.2) is 78.9 Å². The Labute approximate surface area is 210 Å². The molecule has 5 heteroatoms. The molecule has 3 atom stereocenters. The summed E-state index contributed by atoms with van der Waals surface area (Å²) in [5, 5.41) is 17.9. The summed E-state index contributed by atoms with van der Waals surface area (Å²) in [4.78, 5) is 2.52. The lowest BCUT2D eigenvalue weighted by Crippen LogP contribution is -2.35. The Bertz CT molecular complexity index is 996. The predicted octanol–water partition coefficient (Wildman–Crippen LogP) is 6.47. The second-order valence-corrected chi connectivity index (χ2v) is 9.46. The minimum atomic E-state index is 0.322. The summed E-state index contributed by atoms with van der Waals surface area (Å²) in [6.07, 6.45) is 2.37. The Kier molecular flexibility index (Phi) is 10.3. The Morgan fingerprint density at radius 1 is 0.914 bits per heavy atom. The molecule has 0 aromatic heterocycles. The molecule has 0 saturated carbocycles. The number of ether oxygens (including phenoxy) is 2. The summed E-state index contributed by atoms with van der Waals surface area (Å²) in [7, 11) is 0. The minimum Gasteiger partial charge on any atom is -0.508 e. The van der Waals surface area contributed by atoms with Gasteiger partial charge in [-0.15, -0.1) is 0 Å². The van der Waals surface area contributed by atoms with E-state index >= 15 is 0 Å². The maximum atomic E-state index is 9.25. The van der Waals surface area contributed by atoms with Crippen LogP contribution in [0.4, 0.5) is 0 Å². The molecule has 0 aliphatic carbocycles. The van der Waals surface area contributed by atoms with Gasteiger partial charge in [-0.05, 0) is 80.6 Å². The normalized spacial score (nSPS) is 19.6. The molecule has 2 aliphatic rings. The highest BCUT2D eigenvalue weighted by Crippen LogP contribution is 2.35. The molecular formula is C30H39NO4. The van der Waals surface area contributed by atoms with Crippen molar-refractivity contribution in [1.82, 2.24) is 4.90 Å². The van der Waals surface area contributed by atoms with Crippen LogP contribution in [0.3, 0.4) is 0 Å². The average molecular weight is 478 g/mol. The number of rotatable bonds is 4. The van der Waals surface area contributed by atoms with Crippen LogP contribution in [0.5, 0.6) is 23.0 Å². The van der Waals surface area contributed by atoms with Gasteiger partial charge in [0.15, 0.2) is 0 Å². The Hall–Kier alpha value is -3.18. The molecule has 1 fully saturated rings. The molecule has 0 amide bonds. The highest BCUT2D eigenvalue weighted by Gasteiger charge is 2.23. The second kappa shape index (κ2) is 13.6. The van der Waals surface area contributed by atoms with E-state index in [9.17, 15) is 5.11 Å². The summed E-state index contributed by atoms with van der Waals surface area (Å²) in [5.74, 6) is 3.89. The minimum absolute atomic E-state index is 0.322. The maximum absolute atomic E-state index is 9.25. The van der Waals surface area contributed by atoms with Gasteiger partial charge in [-0.1, -0.05) is 50.2 Å². The van der Waals surface area contributed by atoms with Gasteiger partial charge in [0.2, 0.25) is 0 Å². The predicted molar refractivity (Wildman–Crippen MR) is 141 cm³/mol. The monoisotopic (exact) mass is 477 g/mol. The van der Waals surface area contributed by atoms with Crippen LogP contribution in [-0.4, -0.2) is 47.5 Å². The summed E-state index contributed by atoms with van der Waals surface area (Å²) >= 11 is 0.